The van der Waals surface area contributed by atoms with Gasteiger partial charge >= 0.3 is 6.36 Å². The van der Waals surface area contributed by atoms with Crippen molar-refractivity contribution < 1.29 is 22.6 Å². The Labute approximate surface area is 166 Å². The van der Waals surface area contributed by atoms with Gasteiger partial charge < -0.3 is 20.5 Å². The largest absolute Gasteiger partial charge is 0.573 e. The van der Waals surface area contributed by atoms with Crippen LogP contribution in [0.3, 0.4) is 0 Å². The zero-order valence-corrected chi connectivity index (χ0v) is 16.2. The van der Waals surface area contributed by atoms with Gasteiger partial charge in [-0.25, -0.2) is 0 Å². The molecule has 26 heavy (non-hydrogen) atoms. The summed E-state index contributed by atoms with van der Waals surface area (Å²) < 4.78 is 46.2. The highest BCUT2D eigenvalue weighted by Gasteiger charge is 2.31. The summed E-state index contributed by atoms with van der Waals surface area (Å²) in [6, 6.07) is 13.0. The van der Waals surface area contributed by atoms with E-state index >= 15 is 0 Å². The van der Waals surface area contributed by atoms with Gasteiger partial charge in [0.2, 0.25) is 0 Å². The second-order valence-electron chi connectivity index (χ2n) is 5.03. The molecule has 0 spiro atoms. The second-order valence-corrected chi connectivity index (χ2v) is 5.03. The van der Waals surface area contributed by atoms with Crippen molar-refractivity contribution in [1.82, 2.24) is 0 Å². The first-order valence-electron chi connectivity index (χ1n) is 7.42. The molecule has 2 aromatic rings. The van der Waals surface area contributed by atoms with Crippen molar-refractivity contribution in [3.05, 3.63) is 54.1 Å². The molecule has 0 aromatic heterocycles. The van der Waals surface area contributed by atoms with E-state index in [4.69, 9.17) is 10.5 Å². The summed E-state index contributed by atoms with van der Waals surface area (Å²) in [7, 11) is 1.57. The first-order chi connectivity index (χ1) is 11.9. The highest BCUT2D eigenvalue weighted by Crippen LogP contribution is 2.26. The number of rotatable bonds is 6. The minimum atomic E-state index is -4.73. The Hall–Kier alpha value is -2.17. The van der Waals surface area contributed by atoms with E-state index in [0.29, 0.717) is 11.3 Å². The number of halogens is 4. The van der Waals surface area contributed by atoms with Crippen LogP contribution in [0.1, 0.15) is 5.56 Å². The van der Waals surface area contributed by atoms with E-state index in [1.807, 2.05) is 0 Å². The summed E-state index contributed by atoms with van der Waals surface area (Å²) in [5.74, 6) is 0.647. The fraction of sp³-hybridized carbons (Fsp3) is 0.235. The molecule has 9 heteroatoms. The number of benzene rings is 2. The molecule has 3 N–H and O–H groups in total. The number of nitrogens with one attached hydrogen (secondary N) is 1. The summed E-state index contributed by atoms with van der Waals surface area (Å²) >= 11 is 0. The lowest BCUT2D eigenvalue weighted by molar-refractivity contribution is -0.274. The molecular weight excluding hydrogens is 462 g/mol. The summed E-state index contributed by atoms with van der Waals surface area (Å²) in [5, 5.41) is 2.89. The Bertz CT molecular complexity index is 722. The van der Waals surface area contributed by atoms with E-state index in [0.717, 1.165) is 5.69 Å². The van der Waals surface area contributed by atoms with Crippen molar-refractivity contribution in [3.8, 4) is 11.5 Å². The van der Waals surface area contributed by atoms with Gasteiger partial charge in [0.15, 0.2) is 5.96 Å². The molecule has 5 nitrogen and oxygen atoms in total. The Morgan fingerprint density at radius 1 is 1.12 bits per heavy atom. The lowest BCUT2D eigenvalue weighted by Gasteiger charge is -2.12. The molecular formula is C17H19F3IN3O2. The van der Waals surface area contributed by atoms with Crippen molar-refractivity contribution >= 4 is 35.6 Å². The van der Waals surface area contributed by atoms with Crippen LogP contribution in [0.25, 0.3) is 0 Å². The standard InChI is InChI=1S/C17H18F3N3O2.HI/c1-24-14-8-6-13(7-9-14)23-16(21)22-11-10-12-4-2-3-5-15(12)25-17(18,19)20;/h2-9H,10-11H2,1H3,(H3,21,22,23);1H. The Balaban J connectivity index is 0.00000338. The highest BCUT2D eigenvalue weighted by molar-refractivity contribution is 14.0. The molecule has 0 unspecified atom stereocenters. The van der Waals surface area contributed by atoms with Gasteiger partial charge in [0.25, 0.3) is 0 Å². The average Bonchev–Trinajstić information content (AvgIpc) is 2.56. The zero-order chi connectivity index (χ0) is 18.3. The zero-order valence-electron chi connectivity index (χ0n) is 13.9. The minimum absolute atomic E-state index is 0. The number of methoxy groups -OCH3 is 1. The van der Waals surface area contributed by atoms with E-state index in [1.54, 1.807) is 43.5 Å². The van der Waals surface area contributed by atoms with Crippen molar-refractivity contribution in [3.63, 3.8) is 0 Å². The van der Waals surface area contributed by atoms with Crippen molar-refractivity contribution in [2.75, 3.05) is 19.0 Å². The maximum Gasteiger partial charge on any atom is 0.573 e. The van der Waals surface area contributed by atoms with E-state index in [-0.39, 0.29) is 48.7 Å². The second kappa shape index (κ2) is 10.1. The van der Waals surface area contributed by atoms with Crippen LogP contribution in [-0.4, -0.2) is 26.0 Å². The van der Waals surface area contributed by atoms with Crippen molar-refractivity contribution in [2.24, 2.45) is 10.7 Å². The van der Waals surface area contributed by atoms with Gasteiger partial charge in [-0.3, -0.25) is 4.99 Å². The number of hydrogen-bond donors (Lipinski definition) is 2. The molecule has 0 amide bonds. The van der Waals surface area contributed by atoms with Crippen LogP contribution in [0.2, 0.25) is 0 Å². The third kappa shape index (κ3) is 7.38. The van der Waals surface area contributed by atoms with Gasteiger partial charge in [-0.2, -0.15) is 0 Å². The Morgan fingerprint density at radius 2 is 1.77 bits per heavy atom. The van der Waals surface area contributed by atoms with Crippen LogP contribution in [0.15, 0.2) is 53.5 Å². The number of guanidine groups is 1. The fourth-order valence-corrected chi connectivity index (χ4v) is 2.09. The lowest BCUT2D eigenvalue weighted by Crippen LogP contribution is -2.23. The Kier molecular flexibility index (Phi) is 8.49. The summed E-state index contributed by atoms with van der Waals surface area (Å²) in [5.41, 5.74) is 6.91. The number of nitrogens with two attached hydrogens (primary N) is 1. The van der Waals surface area contributed by atoms with Crippen molar-refractivity contribution in [2.45, 2.75) is 12.8 Å². The van der Waals surface area contributed by atoms with Crippen LogP contribution < -0.4 is 20.5 Å². The first-order valence-corrected chi connectivity index (χ1v) is 7.42. The summed E-state index contributed by atoms with van der Waals surface area (Å²) in [6.07, 6.45) is -4.47. The normalized spacial score (nSPS) is 11.5. The third-order valence-electron chi connectivity index (χ3n) is 3.22. The molecule has 0 saturated heterocycles. The molecule has 0 saturated carbocycles. The average molecular weight is 481 g/mol. The number of ether oxygens (including phenoxy) is 2. The van der Waals surface area contributed by atoms with Crippen LogP contribution in [0, 0.1) is 0 Å². The SMILES string of the molecule is COc1ccc(NC(N)=NCCc2ccccc2OC(F)(F)F)cc1.I. The van der Waals surface area contributed by atoms with Gasteiger partial charge in [-0.15, -0.1) is 37.1 Å². The molecule has 0 aliphatic rings. The molecule has 0 radical (unpaired) electrons. The molecule has 0 fully saturated rings. The van der Waals surface area contributed by atoms with Gasteiger partial charge in [0.05, 0.1) is 7.11 Å². The molecule has 2 aromatic carbocycles. The van der Waals surface area contributed by atoms with E-state index in [1.165, 1.54) is 12.1 Å². The molecule has 0 bridgehead atoms. The molecule has 0 atom stereocenters. The summed E-state index contributed by atoms with van der Waals surface area (Å²) in [4.78, 5) is 4.11. The maximum atomic E-state index is 12.4. The predicted molar refractivity (Wildman–Crippen MR) is 105 cm³/mol. The van der Waals surface area contributed by atoms with Crippen LogP contribution >= 0.6 is 24.0 Å². The monoisotopic (exact) mass is 481 g/mol. The van der Waals surface area contributed by atoms with Crippen LogP contribution in [-0.2, 0) is 6.42 Å². The number of nitrogens with zero attached hydrogens (tertiary/aromatic N) is 1. The third-order valence-corrected chi connectivity index (χ3v) is 3.22. The van der Waals surface area contributed by atoms with Gasteiger partial charge in [0, 0.05) is 12.2 Å². The van der Waals surface area contributed by atoms with E-state index < -0.39 is 6.36 Å². The van der Waals surface area contributed by atoms with Gasteiger partial charge in [-0.1, -0.05) is 18.2 Å². The number of anilines is 1. The number of para-hydroxylation sites is 1. The van der Waals surface area contributed by atoms with Crippen LogP contribution in [0.5, 0.6) is 11.5 Å². The Morgan fingerprint density at radius 3 is 2.38 bits per heavy atom. The summed E-state index contributed by atoms with van der Waals surface area (Å²) in [6.45, 7) is 0.215. The molecule has 2 rings (SSSR count). The highest BCUT2D eigenvalue weighted by atomic mass is 127. The smallest absolute Gasteiger partial charge is 0.497 e. The van der Waals surface area contributed by atoms with E-state index in [2.05, 4.69) is 15.0 Å². The predicted octanol–water partition coefficient (Wildman–Crippen LogP) is 4.18. The molecule has 142 valence electrons. The van der Waals surface area contributed by atoms with Gasteiger partial charge in [0.1, 0.15) is 11.5 Å². The molecule has 0 aliphatic carbocycles. The quantitative estimate of drug-likeness (QED) is 0.369. The van der Waals surface area contributed by atoms with E-state index in [9.17, 15) is 13.2 Å². The first kappa shape index (κ1) is 21.9. The maximum absolute atomic E-state index is 12.4. The van der Waals surface area contributed by atoms with Gasteiger partial charge in [-0.05, 0) is 42.3 Å². The minimum Gasteiger partial charge on any atom is -0.497 e. The lowest BCUT2D eigenvalue weighted by atomic mass is 10.1. The number of aliphatic imine (C=N–C) groups is 1. The molecule has 0 heterocycles. The van der Waals surface area contributed by atoms with Crippen molar-refractivity contribution in [1.29, 1.82) is 0 Å². The number of hydrogen-bond acceptors (Lipinski definition) is 3. The molecule has 0 aliphatic heterocycles. The topological polar surface area (TPSA) is 68.9 Å². The fourth-order valence-electron chi connectivity index (χ4n) is 2.09. The van der Waals surface area contributed by atoms with Crippen LogP contribution in [0.4, 0.5) is 18.9 Å². The number of alkyl halides is 3.